The lowest BCUT2D eigenvalue weighted by Crippen LogP contribution is -2.37. The maximum absolute atomic E-state index is 12.7. The molecule has 0 aliphatic carbocycles. The Morgan fingerprint density at radius 1 is 1.16 bits per heavy atom. The molecule has 2 atom stereocenters. The van der Waals surface area contributed by atoms with Crippen LogP contribution in [-0.4, -0.2) is 91.0 Å². The normalized spacial score (nSPS) is 17.1. The summed E-state index contributed by atoms with van der Waals surface area (Å²) in [7, 11) is 3.76. The number of nitrogens with zero attached hydrogens (tertiary/aromatic N) is 4. The maximum Gasteiger partial charge on any atom is 0.410 e. The van der Waals surface area contributed by atoms with Crippen LogP contribution >= 0.6 is 23.2 Å². The van der Waals surface area contributed by atoms with E-state index in [1.54, 1.807) is 12.1 Å². The molecule has 1 N–H and O–H groups in total. The fraction of sp³-hybridized carbons (Fsp3) is 0.538. The molecule has 1 saturated heterocycles. The van der Waals surface area contributed by atoms with E-state index in [1.807, 2.05) is 38.9 Å². The number of carbonyl (C=O) groups excluding carboxylic acids is 2. The summed E-state index contributed by atoms with van der Waals surface area (Å²) in [5.41, 5.74) is 2.80. The van der Waals surface area contributed by atoms with Gasteiger partial charge >= 0.3 is 12.1 Å². The molecule has 0 saturated carbocycles. The SMILES string of the molecule is CCc1nc(-c2ccc(Cl)cc2Cl)c(CC)nc1N[C@@H]1CN(C(=O)OCCN(C)C)C[C@@H]1OC(=O)CCF. The molecule has 9 nitrogen and oxygen atoms in total. The molecule has 1 fully saturated rings. The second-order valence-corrected chi connectivity index (χ2v) is 10.0. The van der Waals surface area contributed by atoms with Gasteiger partial charge in [-0.15, -0.1) is 0 Å². The van der Waals surface area contributed by atoms with E-state index in [4.69, 9.17) is 42.6 Å². The maximum atomic E-state index is 12.7. The van der Waals surface area contributed by atoms with Crippen LogP contribution in [0.15, 0.2) is 18.2 Å². The number of rotatable bonds is 11. The van der Waals surface area contributed by atoms with Gasteiger partial charge in [-0.25, -0.2) is 14.8 Å². The van der Waals surface area contributed by atoms with Crippen LogP contribution in [0, 0.1) is 0 Å². The summed E-state index contributed by atoms with van der Waals surface area (Å²) in [6, 6.07) is 4.74. The molecule has 0 radical (unpaired) electrons. The van der Waals surface area contributed by atoms with Crippen LogP contribution in [-0.2, 0) is 27.1 Å². The molecule has 1 aromatic heterocycles. The first-order valence-corrected chi connectivity index (χ1v) is 13.4. The van der Waals surface area contributed by atoms with Gasteiger partial charge < -0.3 is 24.6 Å². The number of likely N-dealkylation sites (N-methyl/N-ethyl adjacent to an activating group) is 1. The second-order valence-electron chi connectivity index (χ2n) is 9.19. The van der Waals surface area contributed by atoms with Gasteiger partial charge in [-0.3, -0.25) is 9.18 Å². The minimum absolute atomic E-state index is 0.116. The first kappa shape index (κ1) is 29.9. The second kappa shape index (κ2) is 13.9. The Kier molecular flexibility index (Phi) is 10.9. The highest BCUT2D eigenvalue weighted by atomic mass is 35.5. The summed E-state index contributed by atoms with van der Waals surface area (Å²) in [5.74, 6) is -0.145. The number of esters is 1. The van der Waals surface area contributed by atoms with Crippen LogP contribution in [0.2, 0.25) is 10.0 Å². The minimum atomic E-state index is -0.819. The third-order valence-corrected chi connectivity index (χ3v) is 6.64. The molecule has 0 unspecified atom stereocenters. The predicted octanol–water partition coefficient (Wildman–Crippen LogP) is 4.64. The van der Waals surface area contributed by atoms with Gasteiger partial charge in [0.1, 0.15) is 18.5 Å². The zero-order valence-electron chi connectivity index (χ0n) is 22.1. The van der Waals surface area contributed by atoms with E-state index in [-0.39, 0.29) is 26.1 Å². The highest BCUT2D eigenvalue weighted by Gasteiger charge is 2.39. The van der Waals surface area contributed by atoms with Gasteiger partial charge in [0.15, 0.2) is 0 Å². The van der Waals surface area contributed by atoms with E-state index in [9.17, 15) is 14.0 Å². The molecule has 12 heteroatoms. The lowest BCUT2D eigenvalue weighted by atomic mass is 10.1. The fourth-order valence-electron chi connectivity index (χ4n) is 4.08. The van der Waals surface area contributed by atoms with E-state index >= 15 is 0 Å². The lowest BCUT2D eigenvalue weighted by molar-refractivity contribution is -0.149. The number of halogens is 3. The first-order valence-electron chi connectivity index (χ1n) is 12.6. The van der Waals surface area contributed by atoms with Crippen LogP contribution in [0.4, 0.5) is 15.0 Å². The first-order chi connectivity index (χ1) is 18.2. The molecule has 1 amide bonds. The van der Waals surface area contributed by atoms with Crippen molar-refractivity contribution in [2.75, 3.05) is 52.3 Å². The van der Waals surface area contributed by atoms with Crippen molar-refractivity contribution in [2.24, 2.45) is 0 Å². The number of ether oxygens (including phenoxy) is 2. The number of alkyl halides is 1. The highest BCUT2D eigenvalue weighted by Crippen LogP contribution is 2.33. The molecular formula is C26H34Cl2FN5O4. The summed E-state index contributed by atoms with van der Waals surface area (Å²) >= 11 is 12.5. The van der Waals surface area contributed by atoms with E-state index in [1.165, 1.54) is 4.90 Å². The van der Waals surface area contributed by atoms with Crippen molar-refractivity contribution < 1.29 is 23.5 Å². The van der Waals surface area contributed by atoms with Crippen molar-refractivity contribution in [3.05, 3.63) is 39.6 Å². The number of hydrogen-bond donors (Lipinski definition) is 1. The molecule has 1 aliphatic heterocycles. The zero-order chi connectivity index (χ0) is 27.8. The van der Waals surface area contributed by atoms with Crippen LogP contribution in [0.1, 0.15) is 31.7 Å². The molecule has 38 heavy (non-hydrogen) atoms. The van der Waals surface area contributed by atoms with E-state index in [0.717, 1.165) is 11.3 Å². The van der Waals surface area contributed by atoms with Crippen molar-refractivity contribution in [3.8, 4) is 11.3 Å². The van der Waals surface area contributed by atoms with E-state index < -0.39 is 30.9 Å². The van der Waals surface area contributed by atoms with Crippen molar-refractivity contribution in [1.29, 1.82) is 0 Å². The molecule has 2 aromatic rings. The average Bonchev–Trinajstić information content (AvgIpc) is 3.25. The minimum Gasteiger partial charge on any atom is -0.458 e. The Balaban J connectivity index is 1.87. The summed E-state index contributed by atoms with van der Waals surface area (Å²) < 4.78 is 23.6. The number of carbonyl (C=O) groups is 2. The summed E-state index contributed by atoms with van der Waals surface area (Å²) in [4.78, 5) is 37.9. The number of amides is 1. The Hall–Kier alpha value is -2.69. The number of aromatic nitrogens is 2. The third-order valence-electron chi connectivity index (χ3n) is 6.09. The van der Waals surface area contributed by atoms with Crippen molar-refractivity contribution in [3.63, 3.8) is 0 Å². The van der Waals surface area contributed by atoms with E-state index in [0.29, 0.717) is 46.6 Å². The summed E-state index contributed by atoms with van der Waals surface area (Å²) in [6.45, 7) is 4.24. The Bertz CT molecular complexity index is 1140. The standard InChI is InChI=1S/C26H34Cl2FN5O4/c1-5-19-24(17-8-7-16(27)13-18(17)28)30-20(6-2)25(31-19)32-21-14-34(26(36)37-12-11-33(3)4)15-22(21)38-23(35)9-10-29/h7-8,13,21-22H,5-6,9-12,14-15H2,1-4H3,(H,31,32)/t21-,22+/m1/s1. The molecule has 1 aromatic carbocycles. The zero-order valence-corrected chi connectivity index (χ0v) is 23.6. The molecule has 3 rings (SSSR count). The summed E-state index contributed by atoms with van der Waals surface area (Å²) in [6.07, 6.45) is -0.423. The van der Waals surface area contributed by atoms with Gasteiger partial charge in [0.05, 0.1) is 47.8 Å². The largest absolute Gasteiger partial charge is 0.458 e. The number of aryl methyl sites for hydroxylation is 2. The van der Waals surface area contributed by atoms with Gasteiger partial charge in [-0.2, -0.15) is 0 Å². The molecule has 1 aliphatic rings. The smallest absolute Gasteiger partial charge is 0.410 e. The Morgan fingerprint density at radius 2 is 1.89 bits per heavy atom. The quantitative estimate of drug-likeness (QED) is 0.391. The number of likely N-dealkylation sites (tertiary alicyclic amines) is 1. The van der Waals surface area contributed by atoms with Gasteiger partial charge in [0.25, 0.3) is 0 Å². The highest BCUT2D eigenvalue weighted by molar-refractivity contribution is 6.36. The van der Waals surface area contributed by atoms with E-state index in [2.05, 4.69) is 5.32 Å². The van der Waals surface area contributed by atoms with Crippen molar-refractivity contribution in [1.82, 2.24) is 19.8 Å². The fourth-order valence-corrected chi connectivity index (χ4v) is 4.58. The predicted molar refractivity (Wildman–Crippen MR) is 146 cm³/mol. The number of anilines is 1. The number of benzene rings is 1. The van der Waals surface area contributed by atoms with Gasteiger partial charge in [0, 0.05) is 23.7 Å². The molecule has 0 spiro atoms. The van der Waals surface area contributed by atoms with Crippen molar-refractivity contribution in [2.45, 2.75) is 45.3 Å². The molecular weight excluding hydrogens is 536 g/mol. The molecule has 2 heterocycles. The van der Waals surface area contributed by atoms with Crippen LogP contribution < -0.4 is 5.32 Å². The van der Waals surface area contributed by atoms with Crippen LogP contribution in [0.25, 0.3) is 11.3 Å². The topological polar surface area (TPSA) is 96.9 Å². The van der Waals surface area contributed by atoms with Crippen LogP contribution in [0.5, 0.6) is 0 Å². The number of nitrogens with one attached hydrogen (secondary N) is 1. The Morgan fingerprint density at radius 3 is 2.53 bits per heavy atom. The number of hydrogen-bond acceptors (Lipinski definition) is 8. The van der Waals surface area contributed by atoms with Crippen LogP contribution in [0.3, 0.4) is 0 Å². The van der Waals surface area contributed by atoms with Gasteiger partial charge in [-0.1, -0.05) is 37.0 Å². The lowest BCUT2D eigenvalue weighted by Gasteiger charge is -2.22. The average molecular weight is 570 g/mol. The third kappa shape index (κ3) is 7.68. The Labute approximate surface area is 232 Å². The molecule has 208 valence electrons. The monoisotopic (exact) mass is 569 g/mol. The van der Waals surface area contributed by atoms with Crippen molar-refractivity contribution >= 4 is 41.1 Å². The van der Waals surface area contributed by atoms with Gasteiger partial charge in [-0.05, 0) is 45.1 Å². The summed E-state index contributed by atoms with van der Waals surface area (Å²) in [5, 5.41) is 4.34. The molecule has 0 bridgehead atoms. The van der Waals surface area contributed by atoms with Gasteiger partial charge in [0.2, 0.25) is 0 Å².